The second-order valence-electron chi connectivity index (χ2n) is 8.64. The minimum atomic E-state index is -0.388. The highest BCUT2D eigenvalue weighted by atomic mass is 32.1. The van der Waals surface area contributed by atoms with Gasteiger partial charge in [0.25, 0.3) is 5.69 Å². The number of anilines is 1. The normalized spacial score (nSPS) is 32.9. The quantitative estimate of drug-likeness (QED) is 0.437. The van der Waals surface area contributed by atoms with Crippen molar-refractivity contribution in [3.63, 3.8) is 0 Å². The van der Waals surface area contributed by atoms with Crippen LogP contribution in [0.4, 0.5) is 11.4 Å². The zero-order chi connectivity index (χ0) is 18.3. The van der Waals surface area contributed by atoms with Gasteiger partial charge in [-0.1, -0.05) is 6.92 Å². The predicted octanol–water partition coefficient (Wildman–Crippen LogP) is 4.88. The van der Waals surface area contributed by atoms with Crippen LogP contribution in [-0.2, 0) is 0 Å². The Morgan fingerprint density at radius 2 is 1.73 bits per heavy atom. The molecule has 4 saturated carbocycles. The Labute approximate surface area is 160 Å². The summed E-state index contributed by atoms with van der Waals surface area (Å²) in [7, 11) is 0. The standard InChI is InChI=1S/C20H27N3O2S/c1-2-18(20-10-13-7-14(11-20)9-15(8-13)12-20)22-19(26)21-16-3-5-17(6-4-16)23(24)25/h3-6,13-15,18H,2,7-12H2,1H3,(H2,21,22,26). The molecule has 0 amide bonds. The fraction of sp³-hybridized carbons (Fsp3) is 0.650. The van der Waals surface area contributed by atoms with E-state index >= 15 is 0 Å². The molecule has 6 heteroatoms. The summed E-state index contributed by atoms with van der Waals surface area (Å²) < 4.78 is 0. The highest BCUT2D eigenvalue weighted by Gasteiger charge is 2.53. The molecule has 140 valence electrons. The Kier molecular flexibility index (Phi) is 4.63. The zero-order valence-corrected chi connectivity index (χ0v) is 16.1. The summed E-state index contributed by atoms with van der Waals surface area (Å²) in [4.78, 5) is 10.4. The molecule has 4 bridgehead atoms. The van der Waals surface area contributed by atoms with E-state index in [0.29, 0.717) is 16.6 Å². The van der Waals surface area contributed by atoms with Crippen molar-refractivity contribution < 1.29 is 4.92 Å². The Bertz CT molecular complexity index is 668. The molecule has 2 N–H and O–H groups in total. The summed E-state index contributed by atoms with van der Waals surface area (Å²) in [5, 5.41) is 18.2. The first-order chi connectivity index (χ1) is 12.5. The highest BCUT2D eigenvalue weighted by molar-refractivity contribution is 7.80. The Morgan fingerprint density at radius 1 is 1.19 bits per heavy atom. The molecule has 1 atom stereocenters. The molecule has 0 aliphatic heterocycles. The average molecular weight is 374 g/mol. The Morgan fingerprint density at radius 3 is 2.19 bits per heavy atom. The second-order valence-corrected chi connectivity index (χ2v) is 9.05. The fourth-order valence-corrected chi connectivity index (χ4v) is 6.54. The summed E-state index contributed by atoms with van der Waals surface area (Å²) in [5.74, 6) is 2.77. The van der Waals surface area contributed by atoms with Crippen LogP contribution in [0, 0.1) is 33.3 Å². The third-order valence-electron chi connectivity index (χ3n) is 6.87. The van der Waals surface area contributed by atoms with Gasteiger partial charge in [-0.05, 0) is 92.5 Å². The van der Waals surface area contributed by atoms with E-state index in [1.165, 1.54) is 50.7 Å². The molecule has 5 nitrogen and oxygen atoms in total. The van der Waals surface area contributed by atoms with Crippen molar-refractivity contribution in [3.8, 4) is 0 Å². The molecule has 0 heterocycles. The number of nitro benzene ring substituents is 1. The first kappa shape index (κ1) is 17.7. The molecule has 0 saturated heterocycles. The number of nitrogens with one attached hydrogen (secondary N) is 2. The molecule has 1 aromatic rings. The van der Waals surface area contributed by atoms with Gasteiger partial charge >= 0.3 is 0 Å². The van der Waals surface area contributed by atoms with Crippen molar-refractivity contribution in [2.75, 3.05) is 5.32 Å². The highest BCUT2D eigenvalue weighted by Crippen LogP contribution is 2.61. The number of hydrogen-bond acceptors (Lipinski definition) is 3. The topological polar surface area (TPSA) is 67.2 Å². The summed E-state index contributed by atoms with van der Waals surface area (Å²) in [5.41, 5.74) is 1.29. The molecule has 4 aliphatic carbocycles. The molecular weight excluding hydrogens is 346 g/mol. The molecule has 0 radical (unpaired) electrons. The van der Waals surface area contributed by atoms with Gasteiger partial charge in [0.05, 0.1) is 4.92 Å². The van der Waals surface area contributed by atoms with E-state index in [1.54, 1.807) is 12.1 Å². The van der Waals surface area contributed by atoms with Gasteiger partial charge in [-0.3, -0.25) is 10.1 Å². The number of hydrogen-bond donors (Lipinski definition) is 2. The van der Waals surface area contributed by atoms with Crippen LogP contribution in [0.2, 0.25) is 0 Å². The van der Waals surface area contributed by atoms with E-state index in [9.17, 15) is 10.1 Å². The summed E-state index contributed by atoms with van der Waals surface area (Å²) in [6, 6.07) is 6.83. The number of benzene rings is 1. The lowest BCUT2D eigenvalue weighted by Crippen LogP contribution is -2.57. The van der Waals surface area contributed by atoms with Crippen LogP contribution in [0.25, 0.3) is 0 Å². The molecule has 0 aromatic heterocycles. The fourth-order valence-electron chi connectivity index (χ4n) is 6.28. The van der Waals surface area contributed by atoms with Crippen molar-refractivity contribution >= 4 is 28.7 Å². The second kappa shape index (κ2) is 6.80. The lowest BCUT2D eigenvalue weighted by atomic mass is 9.47. The summed E-state index contributed by atoms with van der Waals surface area (Å²) >= 11 is 5.56. The monoisotopic (exact) mass is 373 g/mol. The van der Waals surface area contributed by atoms with E-state index in [-0.39, 0.29) is 10.6 Å². The van der Waals surface area contributed by atoms with E-state index in [4.69, 9.17) is 12.2 Å². The molecule has 4 fully saturated rings. The molecule has 1 unspecified atom stereocenters. The van der Waals surface area contributed by atoms with Crippen molar-refractivity contribution in [2.45, 2.75) is 57.9 Å². The minimum absolute atomic E-state index is 0.0921. The number of nitrogens with zero attached hydrogens (tertiary/aromatic N) is 1. The van der Waals surface area contributed by atoms with Crippen LogP contribution in [0.15, 0.2) is 24.3 Å². The van der Waals surface area contributed by atoms with Gasteiger partial charge in [0.2, 0.25) is 0 Å². The number of rotatable bonds is 5. The predicted molar refractivity (Wildman–Crippen MR) is 107 cm³/mol. The number of thiocarbonyl (C=S) groups is 1. The van der Waals surface area contributed by atoms with Crippen LogP contribution in [0.5, 0.6) is 0 Å². The first-order valence-electron chi connectivity index (χ1n) is 9.79. The number of nitro groups is 1. The van der Waals surface area contributed by atoms with Crippen molar-refractivity contribution in [2.24, 2.45) is 23.2 Å². The van der Waals surface area contributed by atoms with Gasteiger partial charge < -0.3 is 10.6 Å². The summed E-state index contributed by atoms with van der Waals surface area (Å²) in [6.07, 6.45) is 9.47. The maximum atomic E-state index is 10.8. The first-order valence-corrected chi connectivity index (χ1v) is 10.2. The molecule has 0 spiro atoms. The van der Waals surface area contributed by atoms with Crippen LogP contribution < -0.4 is 10.6 Å². The van der Waals surface area contributed by atoms with Crippen LogP contribution in [-0.4, -0.2) is 16.1 Å². The van der Waals surface area contributed by atoms with Gasteiger partial charge in [-0.2, -0.15) is 0 Å². The Hall–Kier alpha value is -1.69. The molecule has 5 rings (SSSR count). The van der Waals surface area contributed by atoms with E-state index in [0.717, 1.165) is 29.9 Å². The van der Waals surface area contributed by atoms with E-state index in [1.807, 2.05) is 0 Å². The smallest absolute Gasteiger partial charge is 0.269 e. The van der Waals surface area contributed by atoms with Crippen LogP contribution in [0.3, 0.4) is 0 Å². The third kappa shape index (κ3) is 3.31. The van der Waals surface area contributed by atoms with Crippen molar-refractivity contribution in [1.82, 2.24) is 5.32 Å². The van der Waals surface area contributed by atoms with E-state index < -0.39 is 0 Å². The van der Waals surface area contributed by atoms with Gasteiger partial charge in [-0.15, -0.1) is 0 Å². The van der Waals surface area contributed by atoms with Gasteiger partial charge in [0, 0.05) is 23.9 Å². The molecular formula is C20H27N3O2S. The lowest BCUT2D eigenvalue weighted by Gasteiger charge is -2.59. The average Bonchev–Trinajstić information content (AvgIpc) is 2.59. The minimum Gasteiger partial charge on any atom is -0.359 e. The van der Waals surface area contributed by atoms with Crippen LogP contribution in [0.1, 0.15) is 51.9 Å². The molecule has 26 heavy (non-hydrogen) atoms. The van der Waals surface area contributed by atoms with Gasteiger partial charge in [0.15, 0.2) is 5.11 Å². The largest absolute Gasteiger partial charge is 0.359 e. The van der Waals surface area contributed by atoms with Crippen molar-refractivity contribution in [3.05, 3.63) is 34.4 Å². The molecule has 4 aliphatic rings. The lowest BCUT2D eigenvalue weighted by molar-refractivity contribution is -0.384. The maximum absolute atomic E-state index is 10.8. The molecule has 1 aromatic carbocycles. The van der Waals surface area contributed by atoms with Crippen molar-refractivity contribution in [1.29, 1.82) is 0 Å². The zero-order valence-electron chi connectivity index (χ0n) is 15.2. The van der Waals surface area contributed by atoms with E-state index in [2.05, 4.69) is 17.6 Å². The van der Waals surface area contributed by atoms with Gasteiger partial charge in [-0.25, -0.2) is 0 Å². The maximum Gasteiger partial charge on any atom is 0.269 e. The summed E-state index contributed by atoms with van der Waals surface area (Å²) in [6.45, 7) is 2.25. The SMILES string of the molecule is CCC(NC(=S)Nc1ccc([N+](=O)[O-])cc1)C12CC3CC(CC(C3)C1)C2. The number of non-ortho nitro benzene ring substituents is 1. The van der Waals surface area contributed by atoms with Crippen LogP contribution >= 0.6 is 12.2 Å². The Balaban J connectivity index is 1.42. The van der Waals surface area contributed by atoms with Gasteiger partial charge in [0.1, 0.15) is 0 Å². The third-order valence-corrected chi connectivity index (χ3v) is 7.09.